The first-order chi connectivity index (χ1) is 12.3. The lowest BCUT2D eigenvalue weighted by atomic mass is 9.99. The van der Waals surface area contributed by atoms with Gasteiger partial charge in [0.2, 0.25) is 10.0 Å². The molecule has 1 heterocycles. The molecular formula is C19H26N4O2S. The molecule has 1 fully saturated rings. The van der Waals surface area contributed by atoms with Gasteiger partial charge in [0.25, 0.3) is 0 Å². The second kappa shape index (κ2) is 6.27. The lowest BCUT2D eigenvalue weighted by Gasteiger charge is -2.16. The number of fused-ring (bicyclic) bond motifs is 3. The van der Waals surface area contributed by atoms with E-state index in [0.29, 0.717) is 29.2 Å². The lowest BCUT2D eigenvalue weighted by Crippen LogP contribution is -2.28. The first-order valence-corrected chi connectivity index (χ1v) is 10.7. The number of benzene rings is 1. The van der Waals surface area contributed by atoms with E-state index >= 15 is 0 Å². The van der Waals surface area contributed by atoms with Gasteiger partial charge in [-0.15, -0.1) is 0 Å². The highest BCUT2D eigenvalue weighted by Crippen LogP contribution is 2.45. The molecule has 26 heavy (non-hydrogen) atoms. The molecule has 0 spiro atoms. The predicted molar refractivity (Wildman–Crippen MR) is 102 cm³/mol. The van der Waals surface area contributed by atoms with Crippen LogP contribution in [-0.4, -0.2) is 19.9 Å². The molecule has 0 amide bonds. The largest absolute Gasteiger partial charge is 0.324 e. The maximum atomic E-state index is 13.0. The Morgan fingerprint density at radius 3 is 2.58 bits per heavy atom. The average Bonchev–Trinajstić information content (AvgIpc) is 3.38. The molecule has 0 bridgehead atoms. The standard InChI is InChI=1S/C19H26N4O2S/c1-10(2)8-23-26(24,25)18-6-13-15(20)7-16(21)19(13)14-9-22-17(5-12(14)18)11-3-4-11/h5-6,9-11,15-16,23H,3-4,7-8,20-21H2,1-2H3/t15-,16-/m1/s1. The number of hydrogen-bond acceptors (Lipinski definition) is 5. The molecule has 140 valence electrons. The van der Waals surface area contributed by atoms with Crippen molar-refractivity contribution in [1.29, 1.82) is 0 Å². The van der Waals surface area contributed by atoms with Gasteiger partial charge in [-0.1, -0.05) is 13.8 Å². The Morgan fingerprint density at radius 1 is 1.19 bits per heavy atom. The van der Waals surface area contributed by atoms with Gasteiger partial charge in [-0.3, -0.25) is 4.98 Å². The molecule has 0 radical (unpaired) electrons. The Labute approximate surface area is 154 Å². The minimum absolute atomic E-state index is 0.184. The molecule has 0 saturated heterocycles. The van der Waals surface area contributed by atoms with Crippen LogP contribution in [0, 0.1) is 5.92 Å². The van der Waals surface area contributed by atoms with Gasteiger partial charge >= 0.3 is 0 Å². The van der Waals surface area contributed by atoms with Gasteiger partial charge in [0.05, 0.1) is 4.90 Å². The summed E-state index contributed by atoms with van der Waals surface area (Å²) in [6, 6.07) is 3.24. The van der Waals surface area contributed by atoms with Gasteiger partial charge in [-0.25, -0.2) is 13.1 Å². The van der Waals surface area contributed by atoms with Crippen LogP contribution in [0.1, 0.15) is 67.9 Å². The summed E-state index contributed by atoms with van der Waals surface area (Å²) in [5, 5.41) is 1.53. The SMILES string of the molecule is CC(C)CNS(=O)(=O)c1cc2c(c3cnc(C4CC4)cc13)[C@H](N)C[C@H]2N. The first kappa shape index (κ1) is 17.9. The number of sulfonamides is 1. The summed E-state index contributed by atoms with van der Waals surface area (Å²) in [5.74, 6) is 0.674. The Bertz CT molecular complexity index is 967. The molecule has 5 N–H and O–H groups in total. The summed E-state index contributed by atoms with van der Waals surface area (Å²) >= 11 is 0. The summed E-state index contributed by atoms with van der Waals surface area (Å²) in [5.41, 5.74) is 15.3. The lowest BCUT2D eigenvalue weighted by molar-refractivity contribution is 0.560. The molecule has 2 aliphatic rings. The van der Waals surface area contributed by atoms with Crippen LogP contribution >= 0.6 is 0 Å². The van der Waals surface area contributed by atoms with Crippen molar-refractivity contribution in [3.63, 3.8) is 0 Å². The highest BCUT2D eigenvalue weighted by atomic mass is 32.2. The van der Waals surface area contributed by atoms with E-state index in [1.165, 1.54) is 0 Å². The van der Waals surface area contributed by atoms with E-state index < -0.39 is 10.0 Å². The van der Waals surface area contributed by atoms with E-state index in [4.69, 9.17) is 11.5 Å². The number of nitrogens with two attached hydrogens (primary N) is 2. The van der Waals surface area contributed by atoms with Crippen molar-refractivity contribution in [1.82, 2.24) is 9.71 Å². The number of pyridine rings is 1. The van der Waals surface area contributed by atoms with Crippen LogP contribution in [0.15, 0.2) is 23.2 Å². The van der Waals surface area contributed by atoms with Crippen molar-refractivity contribution in [3.05, 3.63) is 35.2 Å². The third-order valence-corrected chi connectivity index (χ3v) is 6.79. The predicted octanol–water partition coefficient (Wildman–Crippen LogP) is 2.45. The van der Waals surface area contributed by atoms with E-state index in [2.05, 4.69) is 9.71 Å². The van der Waals surface area contributed by atoms with E-state index in [0.717, 1.165) is 35.0 Å². The molecule has 1 aromatic carbocycles. The quantitative estimate of drug-likeness (QED) is 0.744. The van der Waals surface area contributed by atoms with Crippen molar-refractivity contribution in [2.24, 2.45) is 17.4 Å². The minimum atomic E-state index is -3.64. The summed E-state index contributed by atoms with van der Waals surface area (Å²) in [4.78, 5) is 4.88. The van der Waals surface area contributed by atoms with E-state index in [1.54, 1.807) is 12.3 Å². The molecule has 7 heteroatoms. The van der Waals surface area contributed by atoms with Crippen molar-refractivity contribution in [2.45, 2.75) is 56.0 Å². The number of nitrogens with one attached hydrogen (secondary N) is 1. The third-order valence-electron chi connectivity index (χ3n) is 5.32. The molecule has 2 atom stereocenters. The minimum Gasteiger partial charge on any atom is -0.324 e. The van der Waals surface area contributed by atoms with Gasteiger partial charge in [-0.05, 0) is 48.4 Å². The Morgan fingerprint density at radius 2 is 1.92 bits per heavy atom. The van der Waals surface area contributed by atoms with Crippen LogP contribution in [0.5, 0.6) is 0 Å². The maximum absolute atomic E-state index is 13.0. The fourth-order valence-electron chi connectivity index (χ4n) is 3.76. The van der Waals surface area contributed by atoms with Gasteiger partial charge in [-0.2, -0.15) is 0 Å². The van der Waals surface area contributed by atoms with Crippen molar-refractivity contribution < 1.29 is 8.42 Å². The molecule has 1 saturated carbocycles. The number of rotatable bonds is 5. The van der Waals surface area contributed by atoms with Crippen LogP contribution in [0.4, 0.5) is 0 Å². The Kier molecular flexibility index (Phi) is 4.30. The van der Waals surface area contributed by atoms with Crippen molar-refractivity contribution in [3.8, 4) is 0 Å². The van der Waals surface area contributed by atoms with Gasteiger partial charge in [0, 0.05) is 47.2 Å². The number of nitrogens with zero attached hydrogens (tertiary/aromatic N) is 1. The van der Waals surface area contributed by atoms with Crippen LogP contribution < -0.4 is 16.2 Å². The van der Waals surface area contributed by atoms with E-state index in [1.807, 2.05) is 19.9 Å². The Balaban J connectivity index is 1.94. The maximum Gasteiger partial charge on any atom is 0.241 e. The van der Waals surface area contributed by atoms with E-state index in [-0.39, 0.29) is 18.0 Å². The number of aromatic nitrogens is 1. The molecule has 4 rings (SSSR count). The summed E-state index contributed by atoms with van der Waals surface area (Å²) in [7, 11) is -3.64. The highest BCUT2D eigenvalue weighted by Gasteiger charge is 2.33. The Hall–Kier alpha value is -1.54. The number of hydrogen-bond donors (Lipinski definition) is 3. The van der Waals surface area contributed by atoms with Crippen LogP contribution in [-0.2, 0) is 10.0 Å². The molecule has 6 nitrogen and oxygen atoms in total. The van der Waals surface area contributed by atoms with Crippen molar-refractivity contribution in [2.75, 3.05) is 6.54 Å². The first-order valence-electron chi connectivity index (χ1n) is 9.25. The van der Waals surface area contributed by atoms with Crippen LogP contribution in [0.2, 0.25) is 0 Å². The topological polar surface area (TPSA) is 111 Å². The second-order valence-corrected chi connectivity index (χ2v) is 9.74. The van der Waals surface area contributed by atoms with Gasteiger partial charge in [0.1, 0.15) is 0 Å². The normalized spacial score (nSPS) is 23.0. The summed E-state index contributed by atoms with van der Waals surface area (Å²) in [6.45, 7) is 4.35. The van der Waals surface area contributed by atoms with E-state index in [9.17, 15) is 8.42 Å². The second-order valence-electron chi connectivity index (χ2n) is 8.00. The zero-order valence-electron chi connectivity index (χ0n) is 15.2. The van der Waals surface area contributed by atoms with Gasteiger partial charge in [0.15, 0.2) is 0 Å². The zero-order chi connectivity index (χ0) is 18.6. The molecule has 1 aromatic heterocycles. The van der Waals surface area contributed by atoms with Gasteiger partial charge < -0.3 is 11.5 Å². The monoisotopic (exact) mass is 374 g/mol. The van der Waals surface area contributed by atoms with Crippen LogP contribution in [0.25, 0.3) is 10.8 Å². The molecule has 0 aliphatic heterocycles. The average molecular weight is 375 g/mol. The summed E-state index contributed by atoms with van der Waals surface area (Å²) < 4.78 is 28.8. The fraction of sp³-hybridized carbons (Fsp3) is 0.526. The smallest absolute Gasteiger partial charge is 0.241 e. The van der Waals surface area contributed by atoms with Crippen molar-refractivity contribution >= 4 is 20.8 Å². The molecule has 2 aliphatic carbocycles. The molecule has 0 unspecified atom stereocenters. The highest BCUT2D eigenvalue weighted by molar-refractivity contribution is 7.89. The fourth-order valence-corrected chi connectivity index (χ4v) is 5.21. The van der Waals surface area contributed by atoms with Crippen LogP contribution in [0.3, 0.4) is 0 Å². The third kappa shape index (κ3) is 3.03. The zero-order valence-corrected chi connectivity index (χ0v) is 16.0. The summed E-state index contributed by atoms with van der Waals surface area (Å²) in [6.07, 6.45) is 4.64. The molecular weight excluding hydrogens is 348 g/mol. The molecule has 2 aromatic rings.